The molecule has 4 nitrogen and oxygen atoms in total. The Morgan fingerprint density at radius 3 is 2.43 bits per heavy atom. The van der Waals surface area contributed by atoms with E-state index in [0.717, 1.165) is 0 Å². The lowest BCUT2D eigenvalue weighted by Gasteiger charge is -2.26. The number of thioether (sulfide) groups is 1. The van der Waals surface area contributed by atoms with Gasteiger partial charge in [0.1, 0.15) is 4.90 Å². The van der Waals surface area contributed by atoms with Crippen LogP contribution in [0.1, 0.15) is 18.9 Å². The third kappa shape index (κ3) is 4.27. The maximum Gasteiger partial charge on any atom is 0.244 e. The Balaban J connectivity index is 3.30. The fourth-order valence-electron chi connectivity index (χ4n) is 1.91. The molecule has 0 aromatic heterocycles. The van der Waals surface area contributed by atoms with Crippen LogP contribution in [0.15, 0.2) is 17.0 Å². The van der Waals surface area contributed by atoms with Crippen molar-refractivity contribution in [3.05, 3.63) is 27.7 Å². The largest absolute Gasteiger partial charge is 0.392 e. The smallest absolute Gasteiger partial charge is 0.244 e. The minimum Gasteiger partial charge on any atom is -0.392 e. The lowest BCUT2D eigenvalue weighted by atomic mass is 10.2. The summed E-state index contributed by atoms with van der Waals surface area (Å²) in [6.07, 6.45) is 2.64. The number of nitrogens with zero attached hydrogens (tertiary/aromatic N) is 1. The quantitative estimate of drug-likeness (QED) is 0.798. The van der Waals surface area contributed by atoms with Crippen LogP contribution < -0.4 is 0 Å². The summed E-state index contributed by atoms with van der Waals surface area (Å²) in [5.74, 6) is 0.699. The van der Waals surface area contributed by atoms with Crippen molar-refractivity contribution < 1.29 is 13.5 Å². The number of sulfonamides is 1. The van der Waals surface area contributed by atoms with E-state index in [0.29, 0.717) is 17.7 Å². The third-order valence-electron chi connectivity index (χ3n) is 3.27. The molecule has 0 aliphatic rings. The van der Waals surface area contributed by atoms with Gasteiger partial charge in [-0.05, 0) is 30.4 Å². The first kappa shape index (κ1) is 19.1. The van der Waals surface area contributed by atoms with Crippen LogP contribution >= 0.6 is 35.0 Å². The Morgan fingerprint density at radius 2 is 1.95 bits per heavy atom. The van der Waals surface area contributed by atoms with E-state index in [1.165, 1.54) is 16.4 Å². The van der Waals surface area contributed by atoms with Crippen LogP contribution in [0.2, 0.25) is 10.0 Å². The van der Waals surface area contributed by atoms with Gasteiger partial charge in [0.15, 0.2) is 0 Å². The van der Waals surface area contributed by atoms with Crippen LogP contribution in [0, 0.1) is 0 Å². The zero-order valence-corrected chi connectivity index (χ0v) is 15.3. The number of halogens is 2. The lowest BCUT2D eigenvalue weighted by Crippen LogP contribution is -2.38. The highest BCUT2D eigenvalue weighted by molar-refractivity contribution is 7.98. The molecular weight excluding hydrogens is 353 g/mol. The van der Waals surface area contributed by atoms with Gasteiger partial charge in [-0.3, -0.25) is 0 Å². The summed E-state index contributed by atoms with van der Waals surface area (Å²) in [5.41, 5.74) is 0.339. The van der Waals surface area contributed by atoms with E-state index in [-0.39, 0.29) is 27.6 Å². The average Bonchev–Trinajstić information content (AvgIpc) is 2.43. The number of hydrogen-bond donors (Lipinski definition) is 1. The van der Waals surface area contributed by atoms with Gasteiger partial charge >= 0.3 is 0 Å². The average molecular weight is 372 g/mol. The maximum absolute atomic E-state index is 12.7. The first-order valence-corrected chi connectivity index (χ1v) is 9.94. The van der Waals surface area contributed by atoms with Crippen LogP contribution in [0.4, 0.5) is 0 Å². The second-order valence-electron chi connectivity index (χ2n) is 4.57. The molecule has 0 aliphatic carbocycles. The Hall–Kier alpha value is 0.0200. The molecule has 0 aliphatic heterocycles. The highest BCUT2D eigenvalue weighted by atomic mass is 35.5. The van der Waals surface area contributed by atoms with Crippen molar-refractivity contribution in [2.24, 2.45) is 0 Å². The highest BCUT2D eigenvalue weighted by Crippen LogP contribution is 2.31. The van der Waals surface area contributed by atoms with Gasteiger partial charge in [-0.25, -0.2) is 8.42 Å². The first-order valence-electron chi connectivity index (χ1n) is 6.35. The molecule has 1 aromatic rings. The summed E-state index contributed by atoms with van der Waals surface area (Å²) in [6, 6.07) is 2.57. The topological polar surface area (TPSA) is 57.6 Å². The van der Waals surface area contributed by atoms with Gasteiger partial charge in [0.05, 0.1) is 11.6 Å². The van der Waals surface area contributed by atoms with Gasteiger partial charge in [0.25, 0.3) is 0 Å². The number of aliphatic hydroxyl groups excluding tert-OH is 1. The van der Waals surface area contributed by atoms with E-state index < -0.39 is 10.0 Å². The molecule has 0 amide bonds. The third-order valence-corrected chi connectivity index (χ3v) is 6.72. The molecule has 1 unspecified atom stereocenters. The molecule has 0 spiro atoms. The summed E-state index contributed by atoms with van der Waals surface area (Å²) in [6.45, 7) is 1.60. The van der Waals surface area contributed by atoms with Crippen LogP contribution in [-0.4, -0.2) is 42.9 Å². The van der Waals surface area contributed by atoms with Crippen LogP contribution in [-0.2, 0) is 16.6 Å². The fraction of sp³-hybridized carbons (Fsp3) is 0.538. The zero-order chi connectivity index (χ0) is 16.2. The minimum atomic E-state index is -3.73. The predicted molar refractivity (Wildman–Crippen MR) is 89.8 cm³/mol. The van der Waals surface area contributed by atoms with Gasteiger partial charge in [-0.2, -0.15) is 16.1 Å². The van der Waals surface area contributed by atoms with E-state index in [1.54, 1.807) is 18.8 Å². The monoisotopic (exact) mass is 371 g/mol. The van der Waals surface area contributed by atoms with E-state index in [2.05, 4.69) is 0 Å². The SMILES string of the molecule is CCC(CSC)N(C)S(=O)(=O)c1cc(CO)c(Cl)cc1Cl. The van der Waals surface area contributed by atoms with Gasteiger partial charge in [-0.1, -0.05) is 30.1 Å². The van der Waals surface area contributed by atoms with E-state index >= 15 is 0 Å². The van der Waals surface area contributed by atoms with Gasteiger partial charge in [0, 0.05) is 23.9 Å². The van der Waals surface area contributed by atoms with Gasteiger partial charge in [0.2, 0.25) is 10.0 Å². The Bertz CT molecular complexity index is 593. The van der Waals surface area contributed by atoms with Crippen molar-refractivity contribution in [3.8, 4) is 0 Å². The predicted octanol–water partition coefficient (Wildman–Crippen LogP) is 3.25. The molecule has 0 heterocycles. The number of rotatable bonds is 7. The summed E-state index contributed by atoms with van der Waals surface area (Å²) in [7, 11) is -2.19. The van der Waals surface area contributed by atoms with E-state index in [4.69, 9.17) is 23.2 Å². The molecular formula is C13H19Cl2NO3S2. The Morgan fingerprint density at radius 1 is 1.33 bits per heavy atom. The maximum atomic E-state index is 12.7. The summed E-state index contributed by atoms with van der Waals surface area (Å²) in [4.78, 5) is -0.0281. The molecule has 0 radical (unpaired) electrons. The number of hydrogen-bond acceptors (Lipinski definition) is 4. The first-order chi connectivity index (χ1) is 9.79. The summed E-state index contributed by atoms with van der Waals surface area (Å²) in [5, 5.41) is 9.55. The van der Waals surface area contributed by atoms with Crippen molar-refractivity contribution in [1.29, 1.82) is 0 Å². The second-order valence-corrected chi connectivity index (χ2v) is 8.26. The molecule has 120 valence electrons. The molecule has 21 heavy (non-hydrogen) atoms. The fourth-order valence-corrected chi connectivity index (χ4v) is 5.11. The summed E-state index contributed by atoms with van der Waals surface area (Å²) >= 11 is 13.5. The summed E-state index contributed by atoms with van der Waals surface area (Å²) < 4.78 is 26.8. The van der Waals surface area contributed by atoms with Crippen molar-refractivity contribution in [1.82, 2.24) is 4.31 Å². The molecule has 0 bridgehead atoms. The molecule has 1 atom stereocenters. The molecule has 0 saturated carbocycles. The molecule has 0 saturated heterocycles. The highest BCUT2D eigenvalue weighted by Gasteiger charge is 2.29. The van der Waals surface area contributed by atoms with Crippen molar-refractivity contribution in [3.63, 3.8) is 0 Å². The zero-order valence-electron chi connectivity index (χ0n) is 12.1. The molecule has 1 rings (SSSR count). The van der Waals surface area contributed by atoms with Crippen LogP contribution in [0.25, 0.3) is 0 Å². The minimum absolute atomic E-state index is 0.0281. The van der Waals surface area contributed by atoms with Gasteiger partial charge in [-0.15, -0.1) is 0 Å². The molecule has 1 aromatic carbocycles. The normalized spacial score (nSPS) is 13.7. The molecule has 8 heteroatoms. The lowest BCUT2D eigenvalue weighted by molar-refractivity contribution is 0.281. The van der Waals surface area contributed by atoms with Crippen LogP contribution in [0.3, 0.4) is 0 Å². The Kier molecular flexibility index (Phi) is 7.30. The number of benzene rings is 1. The standard InChI is InChI=1S/C13H19Cl2NO3S2/c1-4-10(8-20-3)16(2)21(18,19)13-5-9(7-17)11(14)6-12(13)15/h5-6,10,17H,4,7-8H2,1-3H3. The van der Waals surface area contributed by atoms with E-state index in [9.17, 15) is 13.5 Å². The second kappa shape index (κ2) is 8.04. The van der Waals surface area contributed by atoms with Gasteiger partial charge < -0.3 is 5.11 Å². The Labute approximate surface area is 140 Å². The van der Waals surface area contributed by atoms with Crippen molar-refractivity contribution >= 4 is 45.0 Å². The number of aliphatic hydroxyl groups is 1. The molecule has 0 fully saturated rings. The van der Waals surface area contributed by atoms with E-state index in [1.807, 2.05) is 13.2 Å². The van der Waals surface area contributed by atoms with Crippen molar-refractivity contribution in [2.75, 3.05) is 19.1 Å². The molecule has 1 N–H and O–H groups in total. The van der Waals surface area contributed by atoms with Crippen molar-refractivity contribution in [2.45, 2.75) is 30.9 Å². The van der Waals surface area contributed by atoms with Crippen LogP contribution in [0.5, 0.6) is 0 Å².